The summed E-state index contributed by atoms with van der Waals surface area (Å²) in [7, 11) is 0. The van der Waals surface area contributed by atoms with Crippen molar-refractivity contribution >= 4 is 16.8 Å². The third kappa shape index (κ3) is 3.35. The Morgan fingerprint density at radius 2 is 1.79 bits per heavy atom. The maximum absolute atomic E-state index is 12.7. The molecule has 0 radical (unpaired) electrons. The molecule has 24 heavy (non-hydrogen) atoms. The molecule has 1 nitrogen and oxygen atoms in total. The van der Waals surface area contributed by atoms with Crippen LogP contribution in [0.2, 0.25) is 0 Å². The average molecular weight is 328 g/mol. The molecule has 0 amide bonds. The van der Waals surface area contributed by atoms with E-state index in [0.717, 1.165) is 18.2 Å². The van der Waals surface area contributed by atoms with E-state index < -0.39 is 6.61 Å². The molecular weight excluding hydrogens is 306 g/mol. The minimum absolute atomic E-state index is 0.208. The van der Waals surface area contributed by atoms with Gasteiger partial charge in [-0.2, -0.15) is 8.78 Å². The number of ether oxygens (including phenoxy) is 1. The third-order valence-electron chi connectivity index (χ3n) is 5.03. The summed E-state index contributed by atoms with van der Waals surface area (Å²) in [6.07, 6.45) is 8.23. The van der Waals surface area contributed by atoms with Gasteiger partial charge in [0.15, 0.2) is 0 Å². The van der Waals surface area contributed by atoms with Gasteiger partial charge in [0, 0.05) is 10.9 Å². The van der Waals surface area contributed by atoms with Crippen molar-refractivity contribution in [3.8, 4) is 5.75 Å². The molecule has 3 heteroatoms. The number of benzene rings is 2. The molecule has 126 valence electrons. The molecule has 0 spiro atoms. The molecule has 1 fully saturated rings. The zero-order valence-corrected chi connectivity index (χ0v) is 13.7. The molecule has 1 aliphatic rings. The Bertz CT molecular complexity index is 743. The zero-order valence-electron chi connectivity index (χ0n) is 13.7. The van der Waals surface area contributed by atoms with Crippen molar-refractivity contribution in [1.82, 2.24) is 0 Å². The number of hydrogen-bond acceptors (Lipinski definition) is 1. The number of hydrogen-bond donors (Lipinski definition) is 0. The maximum Gasteiger partial charge on any atom is 0.387 e. The second-order valence-electron chi connectivity index (χ2n) is 6.39. The van der Waals surface area contributed by atoms with E-state index in [0.29, 0.717) is 22.8 Å². The van der Waals surface area contributed by atoms with Crippen LogP contribution in [0.1, 0.15) is 42.7 Å². The van der Waals surface area contributed by atoms with E-state index in [-0.39, 0.29) is 5.75 Å². The van der Waals surface area contributed by atoms with Gasteiger partial charge in [0.2, 0.25) is 0 Å². The van der Waals surface area contributed by atoms with Gasteiger partial charge in [-0.1, -0.05) is 49.1 Å². The van der Waals surface area contributed by atoms with Crippen LogP contribution < -0.4 is 4.74 Å². The molecule has 1 aliphatic carbocycles. The number of halogens is 2. The molecule has 3 rings (SSSR count). The molecule has 0 aliphatic heterocycles. The van der Waals surface area contributed by atoms with Crippen LogP contribution in [0.25, 0.3) is 16.8 Å². The highest BCUT2D eigenvalue weighted by Crippen LogP contribution is 2.39. The Hall–Kier alpha value is -2.16. The standard InChI is InChI=1S/C21H22F2O/c1-3-14-5-7-16(8-6-14)17-11-12-19-18(13-17)10-9-15(4-2)20(19)24-21(22)23/h3-4,9-14,16,21H,1-2,5-8H2. The second-order valence-corrected chi connectivity index (χ2v) is 6.39. The van der Waals surface area contributed by atoms with Crippen LogP contribution in [-0.2, 0) is 0 Å². The molecule has 0 bridgehead atoms. The molecule has 0 atom stereocenters. The second kappa shape index (κ2) is 7.16. The van der Waals surface area contributed by atoms with Crippen LogP contribution >= 0.6 is 0 Å². The highest BCUT2D eigenvalue weighted by atomic mass is 19.3. The summed E-state index contributed by atoms with van der Waals surface area (Å²) in [6.45, 7) is 4.72. The molecule has 2 aromatic carbocycles. The summed E-state index contributed by atoms with van der Waals surface area (Å²) < 4.78 is 30.2. The number of alkyl halides is 2. The van der Waals surface area contributed by atoms with Gasteiger partial charge >= 0.3 is 6.61 Å². The van der Waals surface area contributed by atoms with Crippen LogP contribution in [0, 0.1) is 5.92 Å². The molecule has 0 unspecified atom stereocenters. The van der Waals surface area contributed by atoms with Gasteiger partial charge in [0.1, 0.15) is 5.75 Å². The van der Waals surface area contributed by atoms with Gasteiger partial charge in [0.05, 0.1) is 0 Å². The fourth-order valence-electron chi connectivity index (χ4n) is 3.66. The smallest absolute Gasteiger partial charge is 0.387 e. The Labute approximate surface area is 141 Å². The van der Waals surface area contributed by atoms with Gasteiger partial charge in [-0.25, -0.2) is 0 Å². The predicted octanol–water partition coefficient (Wildman–Crippen LogP) is 6.54. The van der Waals surface area contributed by atoms with E-state index in [2.05, 4.69) is 25.3 Å². The van der Waals surface area contributed by atoms with E-state index in [1.54, 1.807) is 12.1 Å². The fraction of sp³-hybridized carbons (Fsp3) is 0.333. The molecule has 2 aromatic rings. The molecule has 0 saturated heterocycles. The van der Waals surface area contributed by atoms with Gasteiger partial charge in [-0.15, -0.1) is 6.58 Å². The third-order valence-corrected chi connectivity index (χ3v) is 5.03. The summed E-state index contributed by atoms with van der Waals surface area (Å²) in [5.74, 6) is 1.37. The Balaban J connectivity index is 1.94. The monoisotopic (exact) mass is 328 g/mol. The first-order chi connectivity index (χ1) is 11.6. The SMILES string of the molecule is C=Cc1ccc2cc(C3CCC(C=C)CC3)ccc2c1OC(F)F. The predicted molar refractivity (Wildman–Crippen MR) is 95.6 cm³/mol. The van der Waals surface area contributed by atoms with E-state index >= 15 is 0 Å². The van der Waals surface area contributed by atoms with Crippen molar-refractivity contribution < 1.29 is 13.5 Å². The van der Waals surface area contributed by atoms with Gasteiger partial charge in [-0.3, -0.25) is 0 Å². The lowest BCUT2D eigenvalue weighted by atomic mass is 9.78. The maximum atomic E-state index is 12.7. The lowest BCUT2D eigenvalue weighted by molar-refractivity contribution is -0.0489. The average Bonchev–Trinajstić information content (AvgIpc) is 2.61. The van der Waals surface area contributed by atoms with Crippen LogP contribution in [0.3, 0.4) is 0 Å². The molecule has 1 saturated carbocycles. The minimum Gasteiger partial charge on any atom is -0.434 e. The molecule has 0 aromatic heterocycles. The Morgan fingerprint density at radius 3 is 2.42 bits per heavy atom. The number of allylic oxidation sites excluding steroid dienone is 1. The topological polar surface area (TPSA) is 9.23 Å². The fourth-order valence-corrected chi connectivity index (χ4v) is 3.66. The van der Waals surface area contributed by atoms with Crippen molar-refractivity contribution in [3.63, 3.8) is 0 Å². The summed E-state index contributed by atoms with van der Waals surface area (Å²) in [4.78, 5) is 0. The van der Waals surface area contributed by atoms with Crippen LogP contribution in [0.5, 0.6) is 5.75 Å². The number of rotatable bonds is 5. The van der Waals surface area contributed by atoms with E-state index in [9.17, 15) is 8.78 Å². The highest BCUT2D eigenvalue weighted by molar-refractivity contribution is 5.92. The number of fused-ring (bicyclic) bond motifs is 1. The highest BCUT2D eigenvalue weighted by Gasteiger charge is 2.21. The summed E-state index contributed by atoms with van der Waals surface area (Å²) in [5.41, 5.74) is 1.86. The van der Waals surface area contributed by atoms with Crippen molar-refractivity contribution in [3.05, 3.63) is 60.7 Å². The normalized spacial score (nSPS) is 21.0. The summed E-state index contributed by atoms with van der Waals surface area (Å²) >= 11 is 0. The molecule has 0 N–H and O–H groups in total. The van der Waals surface area contributed by atoms with E-state index in [4.69, 9.17) is 4.74 Å². The minimum atomic E-state index is -2.84. The lowest BCUT2D eigenvalue weighted by Gasteiger charge is -2.27. The first-order valence-electron chi connectivity index (χ1n) is 8.39. The van der Waals surface area contributed by atoms with Crippen molar-refractivity contribution in [2.45, 2.75) is 38.2 Å². The van der Waals surface area contributed by atoms with Crippen LogP contribution in [-0.4, -0.2) is 6.61 Å². The first-order valence-corrected chi connectivity index (χ1v) is 8.39. The Morgan fingerprint density at radius 1 is 1.04 bits per heavy atom. The van der Waals surface area contributed by atoms with E-state index in [1.165, 1.54) is 18.4 Å². The van der Waals surface area contributed by atoms with Crippen LogP contribution in [0.4, 0.5) is 8.78 Å². The Kier molecular flexibility index (Phi) is 4.98. The van der Waals surface area contributed by atoms with E-state index in [1.807, 2.05) is 18.2 Å². The summed E-state index contributed by atoms with van der Waals surface area (Å²) in [5, 5.41) is 1.64. The van der Waals surface area contributed by atoms with Gasteiger partial charge in [-0.05, 0) is 48.5 Å². The van der Waals surface area contributed by atoms with Crippen molar-refractivity contribution in [2.24, 2.45) is 5.92 Å². The largest absolute Gasteiger partial charge is 0.434 e. The quantitative estimate of drug-likeness (QED) is 0.566. The zero-order chi connectivity index (χ0) is 17.1. The first kappa shape index (κ1) is 16.7. The van der Waals surface area contributed by atoms with Crippen LogP contribution in [0.15, 0.2) is 49.6 Å². The summed E-state index contributed by atoms with van der Waals surface area (Å²) in [6, 6.07) is 9.79. The lowest BCUT2D eigenvalue weighted by Crippen LogP contribution is -2.11. The van der Waals surface area contributed by atoms with Crippen molar-refractivity contribution in [2.75, 3.05) is 0 Å². The molecule has 0 heterocycles. The van der Waals surface area contributed by atoms with Gasteiger partial charge < -0.3 is 4.74 Å². The molecular formula is C21H22F2O. The van der Waals surface area contributed by atoms with Gasteiger partial charge in [0.25, 0.3) is 0 Å². The van der Waals surface area contributed by atoms with Crippen molar-refractivity contribution in [1.29, 1.82) is 0 Å².